The third-order valence-electron chi connectivity index (χ3n) is 2.92. The van der Waals surface area contributed by atoms with E-state index in [-0.39, 0.29) is 5.60 Å². The fraction of sp³-hybridized carbons (Fsp3) is 1.00. The van der Waals surface area contributed by atoms with E-state index < -0.39 is 0 Å². The summed E-state index contributed by atoms with van der Waals surface area (Å²) in [5.41, 5.74) is 0.596. The highest BCUT2D eigenvalue weighted by molar-refractivity contribution is 4.95. The molecule has 0 aromatic rings. The number of rotatable bonds is 5. The molecule has 84 valence electrons. The van der Waals surface area contributed by atoms with E-state index in [1.54, 1.807) is 0 Å². The van der Waals surface area contributed by atoms with Gasteiger partial charge in [-0.25, -0.2) is 0 Å². The Morgan fingerprint density at radius 2 is 1.93 bits per heavy atom. The van der Waals surface area contributed by atoms with Crippen LogP contribution in [0.15, 0.2) is 0 Å². The minimum absolute atomic E-state index is 0.000527. The summed E-state index contributed by atoms with van der Waals surface area (Å²) < 4.78 is 5.62. The number of ether oxygens (including phenoxy) is 1. The van der Waals surface area contributed by atoms with Crippen molar-refractivity contribution >= 4 is 0 Å². The quantitative estimate of drug-likeness (QED) is 0.687. The van der Waals surface area contributed by atoms with Gasteiger partial charge in [-0.2, -0.15) is 0 Å². The van der Waals surface area contributed by atoms with E-state index in [4.69, 9.17) is 4.74 Å². The first-order valence-electron chi connectivity index (χ1n) is 5.66. The number of hydrogen-bond acceptors (Lipinski definition) is 2. The highest BCUT2D eigenvalue weighted by Gasteiger charge is 2.44. The first kappa shape index (κ1) is 12.0. The lowest BCUT2D eigenvalue weighted by atomic mass is 10.1. The zero-order chi connectivity index (χ0) is 10.8. The lowest BCUT2D eigenvalue weighted by Gasteiger charge is -2.19. The second-order valence-corrected chi connectivity index (χ2v) is 6.05. The van der Waals surface area contributed by atoms with Gasteiger partial charge >= 0.3 is 0 Å². The molecule has 0 heterocycles. The molecule has 1 atom stereocenters. The molecule has 1 unspecified atom stereocenters. The Labute approximate surface area is 88.4 Å². The maximum absolute atomic E-state index is 5.62. The zero-order valence-electron chi connectivity index (χ0n) is 10.3. The summed E-state index contributed by atoms with van der Waals surface area (Å²) >= 11 is 0. The molecule has 1 fully saturated rings. The zero-order valence-corrected chi connectivity index (χ0v) is 10.3. The van der Waals surface area contributed by atoms with Crippen LogP contribution in [0.4, 0.5) is 0 Å². The maximum atomic E-state index is 5.62. The van der Waals surface area contributed by atoms with Gasteiger partial charge in [0.1, 0.15) is 0 Å². The van der Waals surface area contributed by atoms with Crippen LogP contribution < -0.4 is 5.32 Å². The van der Waals surface area contributed by atoms with Crippen LogP contribution in [-0.2, 0) is 4.74 Å². The monoisotopic (exact) mass is 199 g/mol. The largest absolute Gasteiger partial charge is 0.375 e. The summed E-state index contributed by atoms with van der Waals surface area (Å²) in [4.78, 5) is 0. The molecule has 1 saturated carbocycles. The van der Waals surface area contributed by atoms with Gasteiger partial charge in [0, 0.05) is 6.54 Å². The predicted molar refractivity (Wildman–Crippen MR) is 60.5 cm³/mol. The Hall–Kier alpha value is -0.0800. The van der Waals surface area contributed by atoms with Gasteiger partial charge in [0.25, 0.3) is 0 Å². The molecule has 0 amide bonds. The average Bonchev–Trinajstić information content (AvgIpc) is 2.56. The summed E-state index contributed by atoms with van der Waals surface area (Å²) in [6, 6.07) is 0. The summed E-state index contributed by atoms with van der Waals surface area (Å²) in [5, 5.41) is 3.45. The molecule has 0 aromatic heterocycles. The van der Waals surface area contributed by atoms with Crippen molar-refractivity contribution in [3.8, 4) is 0 Å². The van der Waals surface area contributed by atoms with Gasteiger partial charge in [-0.3, -0.25) is 0 Å². The van der Waals surface area contributed by atoms with E-state index in [9.17, 15) is 0 Å². The molecule has 0 bridgehead atoms. The number of hydrogen-bond donors (Lipinski definition) is 1. The number of nitrogens with one attached hydrogen (secondary N) is 1. The normalized spacial score (nSPS) is 25.1. The molecule has 14 heavy (non-hydrogen) atoms. The van der Waals surface area contributed by atoms with E-state index in [2.05, 4.69) is 39.9 Å². The van der Waals surface area contributed by atoms with Gasteiger partial charge in [-0.1, -0.05) is 13.8 Å². The predicted octanol–water partition coefficient (Wildman–Crippen LogP) is 2.44. The van der Waals surface area contributed by atoms with Crippen molar-refractivity contribution in [2.75, 3.05) is 19.7 Å². The van der Waals surface area contributed by atoms with Crippen LogP contribution in [0.25, 0.3) is 0 Å². The lowest BCUT2D eigenvalue weighted by Crippen LogP contribution is -2.28. The highest BCUT2D eigenvalue weighted by atomic mass is 16.5. The molecule has 1 N–H and O–H groups in total. The average molecular weight is 199 g/mol. The molecule has 2 nitrogen and oxygen atoms in total. The van der Waals surface area contributed by atoms with E-state index in [1.807, 2.05) is 0 Å². The third kappa shape index (κ3) is 4.43. The Bertz CT molecular complexity index is 181. The summed E-state index contributed by atoms with van der Waals surface area (Å²) in [6.07, 6.45) is 1.38. The van der Waals surface area contributed by atoms with E-state index in [0.717, 1.165) is 25.6 Å². The van der Waals surface area contributed by atoms with Crippen LogP contribution in [-0.4, -0.2) is 25.3 Å². The van der Waals surface area contributed by atoms with Crippen LogP contribution in [0.2, 0.25) is 0 Å². The molecular weight excluding hydrogens is 174 g/mol. The molecule has 0 aliphatic heterocycles. The first-order valence-corrected chi connectivity index (χ1v) is 5.66. The van der Waals surface area contributed by atoms with Crippen LogP contribution in [0.1, 0.15) is 41.0 Å². The molecule has 2 heteroatoms. The summed E-state index contributed by atoms with van der Waals surface area (Å²) in [5.74, 6) is 0.886. The van der Waals surface area contributed by atoms with Gasteiger partial charge in [0.2, 0.25) is 0 Å². The molecule has 0 aromatic carbocycles. The van der Waals surface area contributed by atoms with Crippen molar-refractivity contribution in [1.29, 1.82) is 0 Å². The van der Waals surface area contributed by atoms with Gasteiger partial charge in [-0.15, -0.1) is 0 Å². The van der Waals surface area contributed by atoms with Crippen LogP contribution in [0, 0.1) is 11.3 Å². The molecule has 1 aliphatic rings. The first-order chi connectivity index (χ1) is 6.31. The molecule has 0 saturated heterocycles. The molecule has 1 rings (SSSR count). The topological polar surface area (TPSA) is 21.3 Å². The van der Waals surface area contributed by atoms with Gasteiger partial charge in [0.15, 0.2) is 0 Å². The van der Waals surface area contributed by atoms with Crippen molar-refractivity contribution in [2.24, 2.45) is 11.3 Å². The Kier molecular flexibility index (Phi) is 3.59. The highest BCUT2D eigenvalue weighted by Crippen LogP contribution is 2.50. The second-order valence-electron chi connectivity index (χ2n) is 6.05. The third-order valence-corrected chi connectivity index (χ3v) is 2.92. The molecule has 1 aliphatic carbocycles. The van der Waals surface area contributed by atoms with Crippen molar-refractivity contribution in [3.63, 3.8) is 0 Å². The van der Waals surface area contributed by atoms with Crippen LogP contribution >= 0.6 is 0 Å². The molecule has 0 radical (unpaired) electrons. The lowest BCUT2D eigenvalue weighted by molar-refractivity contribution is -0.000870. The Morgan fingerprint density at radius 1 is 1.36 bits per heavy atom. The standard InChI is InChI=1S/C12H25NO/c1-11(2,3)14-7-6-13-9-10-8-12(10,4)5/h10,13H,6-9H2,1-5H3. The molecule has 0 spiro atoms. The van der Waals surface area contributed by atoms with E-state index in [0.29, 0.717) is 5.41 Å². The van der Waals surface area contributed by atoms with Gasteiger partial charge in [-0.05, 0) is 45.1 Å². The van der Waals surface area contributed by atoms with Gasteiger partial charge < -0.3 is 10.1 Å². The van der Waals surface area contributed by atoms with Crippen LogP contribution in [0.3, 0.4) is 0 Å². The van der Waals surface area contributed by atoms with Crippen molar-refractivity contribution < 1.29 is 4.74 Å². The fourth-order valence-corrected chi connectivity index (χ4v) is 1.63. The minimum Gasteiger partial charge on any atom is -0.375 e. The second kappa shape index (κ2) is 4.19. The van der Waals surface area contributed by atoms with Crippen molar-refractivity contribution in [2.45, 2.75) is 46.6 Å². The van der Waals surface area contributed by atoms with Crippen LogP contribution in [0.5, 0.6) is 0 Å². The Balaban J connectivity index is 1.91. The van der Waals surface area contributed by atoms with Crippen molar-refractivity contribution in [1.82, 2.24) is 5.32 Å². The maximum Gasteiger partial charge on any atom is 0.0599 e. The van der Waals surface area contributed by atoms with Gasteiger partial charge in [0.05, 0.1) is 12.2 Å². The smallest absolute Gasteiger partial charge is 0.0599 e. The SMILES string of the molecule is CC(C)(C)OCCNCC1CC1(C)C. The minimum atomic E-state index is 0.000527. The fourth-order valence-electron chi connectivity index (χ4n) is 1.63. The van der Waals surface area contributed by atoms with E-state index >= 15 is 0 Å². The van der Waals surface area contributed by atoms with Crippen molar-refractivity contribution in [3.05, 3.63) is 0 Å². The molecular formula is C12H25NO. The Morgan fingerprint density at radius 3 is 2.36 bits per heavy atom. The van der Waals surface area contributed by atoms with E-state index in [1.165, 1.54) is 6.42 Å². The summed E-state index contributed by atoms with van der Waals surface area (Å²) in [7, 11) is 0. The summed E-state index contributed by atoms with van der Waals surface area (Å²) in [6.45, 7) is 13.9.